The summed E-state index contributed by atoms with van der Waals surface area (Å²) in [5.41, 5.74) is 1.58. The number of benzene rings is 1. The van der Waals surface area contributed by atoms with E-state index >= 15 is 0 Å². The predicted octanol–water partition coefficient (Wildman–Crippen LogP) is 1.95. The van der Waals surface area contributed by atoms with Crippen LogP contribution in [0.15, 0.2) is 18.2 Å². The highest BCUT2D eigenvalue weighted by atomic mass is 19.1. The molecule has 1 unspecified atom stereocenters. The largest absolute Gasteiger partial charge is 0.448 e. The molecule has 5 nitrogen and oxygen atoms in total. The Balaban J connectivity index is 1.83. The maximum Gasteiger partial charge on any atom is 0.410 e. The van der Waals surface area contributed by atoms with Gasteiger partial charge in [-0.2, -0.15) is 0 Å². The lowest BCUT2D eigenvalue weighted by Gasteiger charge is -2.36. The van der Waals surface area contributed by atoms with Crippen LogP contribution >= 0.6 is 0 Å². The summed E-state index contributed by atoms with van der Waals surface area (Å²) in [6.45, 7) is 2.72. The van der Waals surface area contributed by atoms with Gasteiger partial charge in [0.05, 0.1) is 6.54 Å². The van der Waals surface area contributed by atoms with Crippen LogP contribution in [0.1, 0.15) is 18.9 Å². The Morgan fingerprint density at radius 2 is 2.29 bits per heavy atom. The van der Waals surface area contributed by atoms with E-state index in [4.69, 9.17) is 4.74 Å². The van der Waals surface area contributed by atoms with Gasteiger partial charge in [0.2, 0.25) is 5.91 Å². The summed E-state index contributed by atoms with van der Waals surface area (Å²) < 4.78 is 18.2. The van der Waals surface area contributed by atoms with E-state index in [1.165, 1.54) is 17.0 Å². The van der Waals surface area contributed by atoms with Crippen molar-refractivity contribution in [1.29, 1.82) is 0 Å². The Hall–Kier alpha value is -2.11. The first-order chi connectivity index (χ1) is 10.1. The van der Waals surface area contributed by atoms with Gasteiger partial charge < -0.3 is 9.64 Å². The molecule has 0 aliphatic carbocycles. The summed E-state index contributed by atoms with van der Waals surface area (Å²) in [6, 6.07) is 4.52. The molecule has 1 fully saturated rings. The lowest BCUT2D eigenvalue weighted by Crippen LogP contribution is -2.47. The Bertz CT molecular complexity index is 590. The van der Waals surface area contributed by atoms with Crippen LogP contribution < -0.4 is 4.90 Å². The zero-order valence-electron chi connectivity index (χ0n) is 11.8. The number of fused-ring (bicyclic) bond motifs is 1. The molecule has 1 aromatic carbocycles. The van der Waals surface area contributed by atoms with Gasteiger partial charge in [-0.3, -0.25) is 9.69 Å². The molecule has 0 saturated carbocycles. The van der Waals surface area contributed by atoms with Crippen LogP contribution in [0.2, 0.25) is 0 Å². The highest BCUT2D eigenvalue weighted by Crippen LogP contribution is 2.31. The van der Waals surface area contributed by atoms with E-state index in [0.29, 0.717) is 13.2 Å². The van der Waals surface area contributed by atoms with Crippen LogP contribution in [0, 0.1) is 5.82 Å². The molecule has 112 valence electrons. The third-order valence-electron chi connectivity index (χ3n) is 4.01. The van der Waals surface area contributed by atoms with Crippen molar-refractivity contribution in [2.24, 2.45) is 0 Å². The van der Waals surface area contributed by atoms with Gasteiger partial charge in [-0.05, 0) is 43.5 Å². The molecular formula is C15H17FN2O3. The van der Waals surface area contributed by atoms with Crippen LogP contribution in [0.4, 0.5) is 14.9 Å². The fourth-order valence-corrected chi connectivity index (χ4v) is 2.91. The first-order valence-corrected chi connectivity index (χ1v) is 7.08. The first kappa shape index (κ1) is 13.9. The Labute approximate surface area is 122 Å². The fourth-order valence-electron chi connectivity index (χ4n) is 2.91. The standard InChI is InChI=1S/C15H17FN2O3/c1-10-2-3-11-8-12(16)4-5-13(11)18(10)14(19)9-17-6-7-21-15(17)20/h4-5,8,10H,2-3,6-7,9H2,1H3. The van der Waals surface area contributed by atoms with E-state index in [1.807, 2.05) is 6.92 Å². The van der Waals surface area contributed by atoms with Crippen molar-refractivity contribution in [1.82, 2.24) is 4.90 Å². The average Bonchev–Trinajstić information content (AvgIpc) is 2.84. The number of carbonyl (C=O) groups is 2. The van der Waals surface area contributed by atoms with Gasteiger partial charge in [0.25, 0.3) is 0 Å². The van der Waals surface area contributed by atoms with Crippen molar-refractivity contribution in [3.63, 3.8) is 0 Å². The molecule has 2 aliphatic rings. The molecule has 2 amide bonds. The Morgan fingerprint density at radius 1 is 1.48 bits per heavy atom. The SMILES string of the molecule is CC1CCc2cc(F)ccc2N1C(=O)CN1CCOC1=O. The van der Waals surface area contributed by atoms with Gasteiger partial charge >= 0.3 is 6.09 Å². The fraction of sp³-hybridized carbons (Fsp3) is 0.467. The molecule has 1 aromatic rings. The number of anilines is 1. The van der Waals surface area contributed by atoms with Crippen molar-refractivity contribution >= 4 is 17.7 Å². The molecule has 0 aromatic heterocycles. The van der Waals surface area contributed by atoms with Crippen LogP contribution in [-0.4, -0.2) is 42.6 Å². The number of ether oxygens (including phenoxy) is 1. The Morgan fingerprint density at radius 3 is 3.00 bits per heavy atom. The summed E-state index contributed by atoms with van der Waals surface area (Å²) in [7, 11) is 0. The lowest BCUT2D eigenvalue weighted by molar-refractivity contribution is -0.119. The van der Waals surface area contributed by atoms with E-state index in [2.05, 4.69) is 0 Å². The van der Waals surface area contributed by atoms with Crippen LogP contribution in [-0.2, 0) is 16.0 Å². The molecule has 0 spiro atoms. The zero-order chi connectivity index (χ0) is 15.0. The van der Waals surface area contributed by atoms with Gasteiger partial charge in [-0.15, -0.1) is 0 Å². The molecule has 2 aliphatic heterocycles. The van der Waals surface area contributed by atoms with Crippen LogP contribution in [0.25, 0.3) is 0 Å². The maximum atomic E-state index is 13.3. The number of hydrogen-bond acceptors (Lipinski definition) is 3. The average molecular weight is 292 g/mol. The highest BCUT2D eigenvalue weighted by Gasteiger charge is 2.32. The third-order valence-corrected chi connectivity index (χ3v) is 4.01. The number of cyclic esters (lactones) is 1. The van der Waals surface area contributed by atoms with Crippen LogP contribution in [0.3, 0.4) is 0 Å². The van der Waals surface area contributed by atoms with Crippen molar-refractivity contribution < 1.29 is 18.7 Å². The third kappa shape index (κ3) is 2.57. The second-order valence-electron chi connectivity index (χ2n) is 5.46. The summed E-state index contributed by atoms with van der Waals surface area (Å²) >= 11 is 0. The first-order valence-electron chi connectivity index (χ1n) is 7.08. The van der Waals surface area contributed by atoms with Crippen molar-refractivity contribution in [3.05, 3.63) is 29.6 Å². The minimum absolute atomic E-state index is 0.0000102. The molecule has 0 N–H and O–H groups in total. The highest BCUT2D eigenvalue weighted by molar-refractivity contribution is 5.97. The lowest BCUT2D eigenvalue weighted by atomic mass is 9.96. The van der Waals surface area contributed by atoms with Crippen molar-refractivity contribution in [3.8, 4) is 0 Å². The Kier molecular flexibility index (Phi) is 3.53. The molecule has 1 atom stereocenters. The molecule has 0 bridgehead atoms. The second kappa shape index (κ2) is 5.35. The van der Waals surface area contributed by atoms with E-state index < -0.39 is 6.09 Å². The molecule has 0 radical (unpaired) electrons. The summed E-state index contributed by atoms with van der Waals surface area (Å²) in [4.78, 5) is 27.1. The number of hydrogen-bond donors (Lipinski definition) is 0. The quantitative estimate of drug-likeness (QED) is 0.837. The number of carbonyl (C=O) groups excluding carboxylic acids is 2. The predicted molar refractivity (Wildman–Crippen MR) is 74.6 cm³/mol. The molecule has 2 heterocycles. The smallest absolute Gasteiger partial charge is 0.410 e. The maximum absolute atomic E-state index is 13.3. The summed E-state index contributed by atoms with van der Waals surface area (Å²) in [6.07, 6.45) is 1.09. The van der Waals surface area contributed by atoms with Gasteiger partial charge in [0.1, 0.15) is 19.0 Å². The summed E-state index contributed by atoms with van der Waals surface area (Å²) in [5, 5.41) is 0. The van der Waals surface area contributed by atoms with Crippen LogP contribution in [0.5, 0.6) is 0 Å². The molecule has 1 saturated heterocycles. The number of aryl methyl sites for hydroxylation is 1. The number of nitrogens with zero attached hydrogens (tertiary/aromatic N) is 2. The van der Waals surface area contributed by atoms with E-state index in [1.54, 1.807) is 11.0 Å². The monoisotopic (exact) mass is 292 g/mol. The number of halogens is 1. The van der Waals surface area contributed by atoms with E-state index in [9.17, 15) is 14.0 Å². The number of amides is 2. The minimum Gasteiger partial charge on any atom is -0.448 e. The molecule has 3 rings (SSSR count). The van der Waals surface area contributed by atoms with Crippen molar-refractivity contribution in [2.75, 3.05) is 24.6 Å². The minimum atomic E-state index is -0.452. The van der Waals surface area contributed by atoms with E-state index in [-0.39, 0.29) is 24.3 Å². The summed E-state index contributed by atoms with van der Waals surface area (Å²) in [5.74, 6) is -0.451. The molecule has 21 heavy (non-hydrogen) atoms. The van der Waals surface area contributed by atoms with Gasteiger partial charge in [0.15, 0.2) is 0 Å². The molecular weight excluding hydrogens is 275 g/mol. The number of rotatable bonds is 2. The molecule has 6 heteroatoms. The van der Waals surface area contributed by atoms with Crippen molar-refractivity contribution in [2.45, 2.75) is 25.8 Å². The normalized spacial score (nSPS) is 21.2. The van der Waals surface area contributed by atoms with E-state index in [0.717, 1.165) is 24.1 Å². The van der Waals surface area contributed by atoms with Gasteiger partial charge in [-0.25, -0.2) is 9.18 Å². The van der Waals surface area contributed by atoms with Gasteiger partial charge in [-0.1, -0.05) is 0 Å². The topological polar surface area (TPSA) is 49.9 Å². The second-order valence-corrected chi connectivity index (χ2v) is 5.46. The zero-order valence-corrected chi connectivity index (χ0v) is 11.8. The van der Waals surface area contributed by atoms with Gasteiger partial charge in [0, 0.05) is 11.7 Å².